The van der Waals surface area contributed by atoms with Crippen LogP contribution in [0.2, 0.25) is 0 Å². The molecule has 2 aromatic carbocycles. The Balaban J connectivity index is 2.36. The van der Waals surface area contributed by atoms with Crippen LogP contribution < -0.4 is 5.73 Å². The van der Waals surface area contributed by atoms with Crippen molar-refractivity contribution in [3.63, 3.8) is 0 Å². The van der Waals surface area contributed by atoms with Crippen molar-refractivity contribution in [3.8, 4) is 18.2 Å². The van der Waals surface area contributed by atoms with E-state index in [2.05, 4.69) is 0 Å². The van der Waals surface area contributed by atoms with Gasteiger partial charge in [-0.3, -0.25) is 0 Å². The average Bonchev–Trinajstić information content (AvgIpc) is 2.60. The van der Waals surface area contributed by atoms with Crippen molar-refractivity contribution in [2.45, 2.75) is 0 Å². The minimum absolute atomic E-state index is 0.0692. The minimum Gasteiger partial charge on any atom is -0.399 e. The maximum Gasteiger partial charge on any atom is 0.148 e. The number of nitrogens with two attached hydrogens (primary N) is 1. The highest BCUT2D eigenvalue weighted by Gasteiger charge is 2.13. The molecule has 0 saturated carbocycles. The topological polar surface area (TPSA) is 97.4 Å². The molecule has 0 unspecified atom stereocenters. The number of allylic oxidation sites excluding steroid dienone is 2. The van der Waals surface area contributed by atoms with E-state index in [1.807, 2.05) is 12.1 Å². The van der Waals surface area contributed by atoms with Gasteiger partial charge in [-0.05, 0) is 29.3 Å². The normalized spacial score (nSPS) is 9.75. The summed E-state index contributed by atoms with van der Waals surface area (Å²) in [5, 5.41) is 26.8. The lowest BCUT2D eigenvalue weighted by molar-refractivity contribution is 0.624. The van der Waals surface area contributed by atoms with Crippen LogP contribution in [0, 0.1) is 39.8 Å². The van der Waals surface area contributed by atoms with Gasteiger partial charge < -0.3 is 5.73 Å². The summed E-state index contributed by atoms with van der Waals surface area (Å²) >= 11 is 0. The summed E-state index contributed by atoms with van der Waals surface area (Å²) < 4.78 is 14.2. The molecule has 2 aromatic rings. The summed E-state index contributed by atoms with van der Waals surface area (Å²) in [6.07, 6.45) is 3.51. The summed E-state index contributed by atoms with van der Waals surface area (Å²) in [5.74, 6) is -0.672. The lowest BCUT2D eigenvalue weighted by atomic mass is 10.00. The second kappa shape index (κ2) is 7.40. The molecular weight excluding hydrogens is 303 g/mol. The lowest BCUT2D eigenvalue weighted by Crippen LogP contribution is -1.92. The molecule has 0 saturated heterocycles. The molecule has 0 fully saturated rings. The smallest absolute Gasteiger partial charge is 0.148 e. The molecule has 0 aromatic heterocycles. The van der Waals surface area contributed by atoms with Crippen molar-refractivity contribution in [3.05, 3.63) is 70.5 Å². The summed E-state index contributed by atoms with van der Waals surface area (Å²) in [6, 6.07) is 16.3. The zero-order valence-electron chi connectivity index (χ0n) is 12.5. The SMILES string of the molecule is N#CC(C#N)=C(C#N)c1ccc(C=Cc2ccc(N)cc2)cc1F. The molecular formula is C19H11FN4. The van der Waals surface area contributed by atoms with Gasteiger partial charge in [-0.2, -0.15) is 15.8 Å². The number of halogens is 1. The maximum atomic E-state index is 14.2. The lowest BCUT2D eigenvalue weighted by Gasteiger charge is -2.03. The highest BCUT2D eigenvalue weighted by atomic mass is 19.1. The Morgan fingerprint density at radius 2 is 1.46 bits per heavy atom. The number of nitrogens with zero attached hydrogens (tertiary/aromatic N) is 3. The van der Waals surface area contributed by atoms with E-state index in [0.29, 0.717) is 11.3 Å². The summed E-state index contributed by atoms with van der Waals surface area (Å²) in [4.78, 5) is 0. The third-order valence-corrected chi connectivity index (χ3v) is 3.25. The first-order valence-electron chi connectivity index (χ1n) is 6.87. The van der Waals surface area contributed by atoms with Crippen molar-refractivity contribution in [1.29, 1.82) is 15.8 Å². The fraction of sp³-hybridized carbons (Fsp3) is 0. The molecule has 2 N–H and O–H groups in total. The van der Waals surface area contributed by atoms with E-state index >= 15 is 0 Å². The van der Waals surface area contributed by atoms with Crippen molar-refractivity contribution < 1.29 is 4.39 Å². The molecule has 0 amide bonds. The Bertz CT molecular complexity index is 933. The molecule has 0 atom stereocenters. The number of benzene rings is 2. The summed E-state index contributed by atoms with van der Waals surface area (Å²) in [6.45, 7) is 0. The van der Waals surface area contributed by atoms with E-state index in [1.165, 1.54) is 12.1 Å². The predicted molar refractivity (Wildman–Crippen MR) is 89.9 cm³/mol. The van der Waals surface area contributed by atoms with Crippen molar-refractivity contribution >= 4 is 23.4 Å². The van der Waals surface area contributed by atoms with Gasteiger partial charge in [0.2, 0.25) is 0 Å². The molecule has 0 bridgehead atoms. The number of hydrogen-bond acceptors (Lipinski definition) is 4. The van der Waals surface area contributed by atoms with E-state index < -0.39 is 11.4 Å². The van der Waals surface area contributed by atoms with E-state index in [0.717, 1.165) is 5.56 Å². The predicted octanol–water partition coefficient (Wildman–Crippen LogP) is 3.90. The maximum absolute atomic E-state index is 14.2. The molecule has 4 nitrogen and oxygen atoms in total. The van der Waals surface area contributed by atoms with Gasteiger partial charge in [-0.25, -0.2) is 4.39 Å². The standard InChI is InChI=1S/C19H11FN4/c20-19-9-14(2-1-13-3-6-16(24)7-4-13)5-8-17(19)18(12-23)15(10-21)11-22/h1-9H,24H2. The molecule has 5 heteroatoms. The Hall–Kier alpha value is -3.88. The molecule has 24 heavy (non-hydrogen) atoms. The van der Waals surface area contributed by atoms with Gasteiger partial charge in [-0.1, -0.05) is 36.4 Å². The van der Waals surface area contributed by atoms with Gasteiger partial charge in [0, 0.05) is 11.3 Å². The van der Waals surface area contributed by atoms with Crippen LogP contribution in [0.3, 0.4) is 0 Å². The van der Waals surface area contributed by atoms with Crippen LogP contribution in [-0.2, 0) is 0 Å². The zero-order chi connectivity index (χ0) is 17.5. The zero-order valence-corrected chi connectivity index (χ0v) is 12.5. The van der Waals surface area contributed by atoms with Crippen LogP contribution >= 0.6 is 0 Å². The van der Waals surface area contributed by atoms with Crippen LogP contribution in [0.25, 0.3) is 17.7 Å². The molecule has 0 aliphatic rings. The molecule has 2 rings (SSSR count). The van der Waals surface area contributed by atoms with Gasteiger partial charge in [0.05, 0.1) is 5.57 Å². The first-order valence-corrected chi connectivity index (χ1v) is 6.87. The van der Waals surface area contributed by atoms with Crippen molar-refractivity contribution in [2.75, 3.05) is 5.73 Å². The Labute approximate surface area is 138 Å². The van der Waals surface area contributed by atoms with Crippen molar-refractivity contribution in [1.82, 2.24) is 0 Å². The molecule has 0 aliphatic carbocycles. The molecule has 0 heterocycles. The van der Waals surface area contributed by atoms with Gasteiger partial charge in [0.1, 0.15) is 29.6 Å². The first kappa shape index (κ1) is 16.5. The second-order valence-electron chi connectivity index (χ2n) is 4.82. The van der Waals surface area contributed by atoms with E-state index in [-0.39, 0.29) is 11.1 Å². The fourth-order valence-corrected chi connectivity index (χ4v) is 2.02. The Morgan fingerprint density at radius 3 is 2.00 bits per heavy atom. The summed E-state index contributed by atoms with van der Waals surface area (Å²) in [7, 11) is 0. The molecule has 0 radical (unpaired) electrons. The number of nitriles is 3. The Kier molecular flexibility index (Phi) is 5.09. The van der Waals surface area contributed by atoms with E-state index in [4.69, 9.17) is 21.5 Å². The highest BCUT2D eigenvalue weighted by molar-refractivity contribution is 5.85. The number of hydrogen-bond donors (Lipinski definition) is 1. The van der Waals surface area contributed by atoms with Gasteiger partial charge >= 0.3 is 0 Å². The van der Waals surface area contributed by atoms with Gasteiger partial charge in [0.25, 0.3) is 0 Å². The quantitative estimate of drug-likeness (QED) is 0.527. The number of anilines is 1. The third kappa shape index (κ3) is 3.65. The largest absolute Gasteiger partial charge is 0.399 e. The molecule has 0 aliphatic heterocycles. The van der Waals surface area contributed by atoms with Gasteiger partial charge in [-0.15, -0.1) is 0 Å². The molecule has 0 spiro atoms. The van der Waals surface area contributed by atoms with Crippen LogP contribution in [-0.4, -0.2) is 0 Å². The minimum atomic E-state index is -0.672. The van der Waals surface area contributed by atoms with Crippen LogP contribution in [0.15, 0.2) is 48.0 Å². The van der Waals surface area contributed by atoms with E-state index in [9.17, 15) is 4.39 Å². The number of rotatable bonds is 3. The van der Waals surface area contributed by atoms with Crippen LogP contribution in [0.4, 0.5) is 10.1 Å². The van der Waals surface area contributed by atoms with Crippen LogP contribution in [0.5, 0.6) is 0 Å². The first-order chi connectivity index (χ1) is 11.6. The fourth-order valence-electron chi connectivity index (χ4n) is 2.02. The molecule has 114 valence electrons. The number of nitrogen functional groups attached to an aromatic ring is 1. The Morgan fingerprint density at radius 1 is 0.875 bits per heavy atom. The average molecular weight is 314 g/mol. The van der Waals surface area contributed by atoms with E-state index in [1.54, 1.807) is 48.6 Å². The van der Waals surface area contributed by atoms with Crippen LogP contribution in [0.1, 0.15) is 16.7 Å². The van der Waals surface area contributed by atoms with Crippen molar-refractivity contribution in [2.24, 2.45) is 0 Å². The van der Waals surface area contributed by atoms with Gasteiger partial charge in [0.15, 0.2) is 0 Å². The summed E-state index contributed by atoms with van der Waals surface area (Å²) in [5.41, 5.74) is 7.00. The highest BCUT2D eigenvalue weighted by Crippen LogP contribution is 2.23. The third-order valence-electron chi connectivity index (χ3n) is 3.25. The second-order valence-corrected chi connectivity index (χ2v) is 4.82. The monoisotopic (exact) mass is 314 g/mol.